The van der Waals surface area contributed by atoms with Crippen molar-refractivity contribution < 1.29 is 9.59 Å². The molecule has 7 heteroatoms. The molecule has 1 fully saturated rings. The highest BCUT2D eigenvalue weighted by molar-refractivity contribution is 6.19. The van der Waals surface area contributed by atoms with Crippen LogP contribution in [0.3, 0.4) is 0 Å². The molecule has 1 aliphatic carbocycles. The van der Waals surface area contributed by atoms with Gasteiger partial charge >= 0.3 is 0 Å². The van der Waals surface area contributed by atoms with Crippen molar-refractivity contribution in [3.05, 3.63) is 66.5 Å². The predicted molar refractivity (Wildman–Crippen MR) is 123 cm³/mol. The van der Waals surface area contributed by atoms with Crippen molar-refractivity contribution in [1.82, 2.24) is 15.3 Å². The number of pyridine rings is 2. The summed E-state index contributed by atoms with van der Waals surface area (Å²) >= 11 is 0. The molecule has 7 nitrogen and oxygen atoms in total. The second kappa shape index (κ2) is 8.15. The van der Waals surface area contributed by atoms with Gasteiger partial charge in [-0.3, -0.25) is 19.6 Å². The normalized spacial score (nSPS) is 22.9. The van der Waals surface area contributed by atoms with Gasteiger partial charge in [-0.05, 0) is 62.4 Å². The third kappa shape index (κ3) is 3.34. The van der Waals surface area contributed by atoms with E-state index in [4.69, 9.17) is 5.10 Å². The van der Waals surface area contributed by atoms with E-state index in [1.807, 2.05) is 42.5 Å². The number of anilines is 1. The molecule has 1 aliphatic heterocycles. The standard InChI is InChI=1S/C25H25N5O2/c1-2-21-25(24(32)30(29-21)18-7-4-3-5-8-18)13-10-17(11-14-25)28-23(31)19-12-16-26-20-9-6-15-27-22(19)20/h3-9,12,15-17H,2,10-11,13-14H2,1H3,(H,28,31). The Labute approximate surface area is 186 Å². The molecule has 0 saturated heterocycles. The fraction of sp³-hybridized carbons (Fsp3) is 0.320. The lowest BCUT2D eigenvalue weighted by Crippen LogP contribution is -2.47. The van der Waals surface area contributed by atoms with Crippen LogP contribution in [0.15, 0.2) is 66.0 Å². The highest BCUT2D eigenvalue weighted by atomic mass is 16.2. The Balaban J connectivity index is 1.31. The van der Waals surface area contributed by atoms with Gasteiger partial charge in [0.2, 0.25) is 0 Å². The number of carbonyl (C=O) groups is 2. The van der Waals surface area contributed by atoms with Crippen molar-refractivity contribution in [3.63, 3.8) is 0 Å². The Morgan fingerprint density at radius 3 is 2.59 bits per heavy atom. The molecule has 1 aromatic carbocycles. The number of aromatic nitrogens is 2. The zero-order valence-electron chi connectivity index (χ0n) is 18.0. The molecule has 0 atom stereocenters. The van der Waals surface area contributed by atoms with Gasteiger partial charge in [0.25, 0.3) is 11.8 Å². The summed E-state index contributed by atoms with van der Waals surface area (Å²) in [5.74, 6) is -0.0975. The van der Waals surface area contributed by atoms with Crippen molar-refractivity contribution in [3.8, 4) is 0 Å². The summed E-state index contributed by atoms with van der Waals surface area (Å²) in [5.41, 5.74) is 3.01. The Hall–Kier alpha value is -3.61. The fourth-order valence-electron chi connectivity index (χ4n) is 4.92. The molecule has 2 aromatic heterocycles. The second-order valence-electron chi connectivity index (χ2n) is 8.41. The second-order valence-corrected chi connectivity index (χ2v) is 8.41. The van der Waals surface area contributed by atoms with E-state index in [1.165, 1.54) is 0 Å². The summed E-state index contributed by atoms with van der Waals surface area (Å²) in [6.45, 7) is 2.05. The third-order valence-corrected chi connectivity index (χ3v) is 6.63. The van der Waals surface area contributed by atoms with Crippen LogP contribution in [-0.4, -0.2) is 33.5 Å². The summed E-state index contributed by atoms with van der Waals surface area (Å²) in [7, 11) is 0. The lowest BCUT2D eigenvalue weighted by molar-refractivity contribution is -0.125. The zero-order chi connectivity index (χ0) is 22.1. The van der Waals surface area contributed by atoms with Crippen LogP contribution >= 0.6 is 0 Å². The monoisotopic (exact) mass is 427 g/mol. The van der Waals surface area contributed by atoms with E-state index in [0.717, 1.165) is 30.7 Å². The van der Waals surface area contributed by atoms with E-state index in [-0.39, 0.29) is 17.9 Å². The number of benzene rings is 1. The first-order valence-electron chi connectivity index (χ1n) is 11.1. The smallest absolute Gasteiger partial charge is 0.259 e. The number of hydrazone groups is 1. The van der Waals surface area contributed by atoms with Gasteiger partial charge in [0, 0.05) is 18.4 Å². The van der Waals surface area contributed by atoms with Crippen molar-refractivity contribution in [2.75, 3.05) is 5.01 Å². The van der Waals surface area contributed by atoms with E-state index in [2.05, 4.69) is 22.2 Å². The summed E-state index contributed by atoms with van der Waals surface area (Å²) in [4.78, 5) is 35.1. The molecular formula is C25H25N5O2. The third-order valence-electron chi connectivity index (χ3n) is 6.63. The lowest BCUT2D eigenvalue weighted by Gasteiger charge is -2.36. The average molecular weight is 428 g/mol. The lowest BCUT2D eigenvalue weighted by atomic mass is 9.68. The van der Waals surface area contributed by atoms with E-state index in [0.29, 0.717) is 29.4 Å². The predicted octanol–water partition coefficient (Wildman–Crippen LogP) is 4.10. The topological polar surface area (TPSA) is 87.5 Å². The Morgan fingerprint density at radius 1 is 1.06 bits per heavy atom. The number of rotatable bonds is 4. The number of nitrogens with zero attached hydrogens (tertiary/aromatic N) is 4. The summed E-state index contributed by atoms with van der Waals surface area (Å²) in [6.07, 6.45) is 6.87. The van der Waals surface area contributed by atoms with Crippen LogP contribution < -0.4 is 10.3 Å². The highest BCUT2D eigenvalue weighted by Gasteiger charge is 2.52. The van der Waals surface area contributed by atoms with Gasteiger partial charge in [-0.25, -0.2) is 0 Å². The van der Waals surface area contributed by atoms with Crippen LogP contribution in [0.4, 0.5) is 5.69 Å². The van der Waals surface area contributed by atoms with Crippen LogP contribution in [0.25, 0.3) is 11.0 Å². The molecule has 0 unspecified atom stereocenters. The van der Waals surface area contributed by atoms with Crippen LogP contribution in [0.2, 0.25) is 0 Å². The molecule has 5 rings (SSSR count). The van der Waals surface area contributed by atoms with Crippen LogP contribution in [-0.2, 0) is 4.79 Å². The largest absolute Gasteiger partial charge is 0.349 e. The van der Waals surface area contributed by atoms with Gasteiger partial charge in [-0.2, -0.15) is 10.1 Å². The molecular weight excluding hydrogens is 402 g/mol. The van der Waals surface area contributed by atoms with Crippen LogP contribution in [0, 0.1) is 5.41 Å². The van der Waals surface area contributed by atoms with Crippen molar-refractivity contribution >= 4 is 34.2 Å². The maximum atomic E-state index is 13.5. The van der Waals surface area contributed by atoms with Gasteiger partial charge in [-0.1, -0.05) is 25.1 Å². The molecule has 2 amide bonds. The van der Waals surface area contributed by atoms with Gasteiger partial charge < -0.3 is 5.32 Å². The number of amides is 2. The van der Waals surface area contributed by atoms with E-state index >= 15 is 0 Å². The number of fused-ring (bicyclic) bond motifs is 1. The molecule has 3 heterocycles. The Morgan fingerprint density at radius 2 is 1.84 bits per heavy atom. The Bertz CT molecular complexity index is 1190. The number of carbonyl (C=O) groups excluding carboxylic acids is 2. The van der Waals surface area contributed by atoms with Gasteiger partial charge in [0.1, 0.15) is 5.52 Å². The summed E-state index contributed by atoms with van der Waals surface area (Å²) < 4.78 is 0. The molecule has 3 aromatic rings. The minimum absolute atomic E-state index is 0.0109. The Kier molecular flexibility index (Phi) is 5.17. The number of hydrogen-bond acceptors (Lipinski definition) is 5. The summed E-state index contributed by atoms with van der Waals surface area (Å²) in [5, 5.41) is 9.42. The first-order valence-corrected chi connectivity index (χ1v) is 11.1. The average Bonchev–Trinajstić information content (AvgIpc) is 3.11. The van der Waals surface area contributed by atoms with E-state index in [1.54, 1.807) is 23.5 Å². The zero-order valence-corrected chi connectivity index (χ0v) is 18.0. The molecule has 162 valence electrons. The van der Waals surface area contributed by atoms with Gasteiger partial charge in [0.15, 0.2) is 0 Å². The maximum Gasteiger partial charge on any atom is 0.259 e. The highest BCUT2D eigenvalue weighted by Crippen LogP contribution is 2.45. The molecule has 2 aliphatic rings. The van der Waals surface area contributed by atoms with E-state index in [9.17, 15) is 9.59 Å². The van der Waals surface area contributed by atoms with Crippen LogP contribution in [0.5, 0.6) is 0 Å². The van der Waals surface area contributed by atoms with E-state index < -0.39 is 5.41 Å². The molecule has 1 saturated carbocycles. The van der Waals surface area contributed by atoms with Crippen LogP contribution in [0.1, 0.15) is 49.4 Å². The maximum absolute atomic E-state index is 13.5. The quantitative estimate of drug-likeness (QED) is 0.679. The molecule has 32 heavy (non-hydrogen) atoms. The van der Waals surface area contributed by atoms with Gasteiger partial charge in [-0.15, -0.1) is 0 Å². The van der Waals surface area contributed by atoms with Gasteiger partial charge in [0.05, 0.1) is 27.9 Å². The molecule has 1 N–H and O–H groups in total. The number of nitrogens with one attached hydrogen (secondary N) is 1. The minimum atomic E-state index is -0.559. The SMILES string of the molecule is CCC1=NN(c2ccccc2)C(=O)C12CCC(NC(=O)c1ccnc3cccnc13)CC2. The molecule has 1 spiro atoms. The molecule has 0 radical (unpaired) electrons. The number of para-hydroxylation sites is 1. The summed E-state index contributed by atoms with van der Waals surface area (Å²) in [6, 6.07) is 14.9. The number of hydrogen-bond donors (Lipinski definition) is 1. The van der Waals surface area contributed by atoms with Crippen molar-refractivity contribution in [2.24, 2.45) is 10.5 Å². The minimum Gasteiger partial charge on any atom is -0.349 e. The van der Waals surface area contributed by atoms with Crippen molar-refractivity contribution in [2.45, 2.75) is 45.1 Å². The first kappa shape index (κ1) is 20.3. The molecule has 0 bridgehead atoms. The van der Waals surface area contributed by atoms with Crippen molar-refractivity contribution in [1.29, 1.82) is 0 Å². The fourth-order valence-corrected chi connectivity index (χ4v) is 4.92. The first-order chi connectivity index (χ1) is 15.6.